The zero-order valence-corrected chi connectivity index (χ0v) is 54.9. The van der Waals surface area contributed by atoms with E-state index in [1.165, 1.54) is 51.4 Å². The van der Waals surface area contributed by atoms with Crippen molar-refractivity contribution in [1.82, 2.24) is 0 Å². The lowest BCUT2D eigenvalue weighted by Crippen LogP contribution is -2.44. The molecule has 0 unspecified atom stereocenters. The minimum Gasteiger partial charge on any atom is -0.507 e. The maximum atomic E-state index is 14.0. The van der Waals surface area contributed by atoms with Crippen LogP contribution in [0.3, 0.4) is 0 Å². The topological polar surface area (TPSA) is 149 Å². The number of benzene rings is 3. The molecule has 10 nitrogen and oxygen atoms in total. The second-order valence-corrected chi connectivity index (χ2v) is 30.0. The molecule has 3 rings (SSSR count). The van der Waals surface area contributed by atoms with Crippen molar-refractivity contribution >= 4 is 35.2 Å². The Bertz CT molecular complexity index is 2180. The first-order valence-corrected chi connectivity index (χ1v) is 30.9. The summed E-state index contributed by atoms with van der Waals surface area (Å²) in [6, 6.07) is 11.8. The predicted molar refractivity (Wildman–Crippen MR) is 336 cm³/mol. The third-order valence-electron chi connectivity index (χ3n) is 15.4. The highest BCUT2D eigenvalue weighted by atomic mass is 32.1. The van der Waals surface area contributed by atoms with Gasteiger partial charge in [-0.2, -0.15) is 0 Å². The molecule has 0 saturated heterocycles. The quantitative estimate of drug-likeness (QED) is 0.0264. The molecule has 0 atom stereocenters. The molecule has 0 fully saturated rings. The van der Waals surface area contributed by atoms with E-state index in [0.717, 1.165) is 69.3 Å². The molecule has 456 valence electrons. The van der Waals surface area contributed by atoms with Gasteiger partial charge in [-0.3, -0.25) is 14.4 Å². The van der Waals surface area contributed by atoms with Gasteiger partial charge in [0.25, 0.3) is 0 Å². The van der Waals surface area contributed by atoms with Crippen LogP contribution in [0.15, 0.2) is 36.4 Å². The van der Waals surface area contributed by atoms with Crippen molar-refractivity contribution in [2.45, 2.75) is 280 Å². The fourth-order valence-electron chi connectivity index (χ4n) is 10.1. The largest absolute Gasteiger partial charge is 0.507 e. The van der Waals surface area contributed by atoms with E-state index in [4.69, 9.17) is 31.2 Å². The van der Waals surface area contributed by atoms with Crippen molar-refractivity contribution in [3.8, 4) is 17.2 Å². The van der Waals surface area contributed by atoms with E-state index in [0.29, 0.717) is 30.7 Å². The molecule has 0 saturated carbocycles. The van der Waals surface area contributed by atoms with E-state index < -0.39 is 23.3 Å². The number of rotatable bonds is 29. The molecule has 0 bridgehead atoms. The molecular weight excluding hydrogens is 1030 g/mol. The number of phenolic OH excluding ortho intramolecular Hbond substituents is 3. The predicted octanol–water partition coefficient (Wildman–Crippen LogP) is 17.4. The summed E-state index contributed by atoms with van der Waals surface area (Å²) in [6.07, 6.45) is 14.8. The van der Waals surface area contributed by atoms with E-state index in [-0.39, 0.29) is 95.4 Å². The summed E-state index contributed by atoms with van der Waals surface area (Å²) >= 11 is 5.83. The Labute approximate surface area is 496 Å². The molecule has 0 heterocycles. The van der Waals surface area contributed by atoms with Gasteiger partial charge in [-0.15, -0.1) is 0 Å². The van der Waals surface area contributed by atoms with Crippen molar-refractivity contribution in [1.29, 1.82) is 0 Å². The van der Waals surface area contributed by atoms with Crippen LogP contribution in [0, 0.1) is 5.41 Å². The number of hydrogen-bond donors (Lipinski definition) is 3. The Kier molecular flexibility index (Phi) is 26.4. The van der Waals surface area contributed by atoms with Crippen LogP contribution < -0.4 is 0 Å². The Morgan fingerprint density at radius 2 is 0.580 bits per heavy atom. The van der Waals surface area contributed by atoms with Gasteiger partial charge in [-0.1, -0.05) is 232 Å². The Hall–Kier alpha value is -4.64. The molecule has 0 aliphatic heterocycles. The highest BCUT2D eigenvalue weighted by Crippen LogP contribution is 2.43. The lowest BCUT2D eigenvalue weighted by Gasteiger charge is -2.32. The summed E-state index contributed by atoms with van der Waals surface area (Å²) in [7, 11) is 0. The molecule has 81 heavy (non-hydrogen) atoms. The summed E-state index contributed by atoms with van der Waals surface area (Å²) in [6.45, 7) is 38.1. The minimum atomic E-state index is -1.35. The average molecular weight is 1140 g/mol. The van der Waals surface area contributed by atoms with Crippen LogP contribution in [-0.2, 0) is 85.1 Å². The van der Waals surface area contributed by atoms with Crippen LogP contribution in [0.5, 0.6) is 17.2 Å². The molecule has 11 heteroatoms. The zero-order chi connectivity index (χ0) is 61.4. The number of aryl methyl sites for hydroxylation is 3. The average Bonchev–Trinajstić information content (AvgIpc) is 3.54. The number of aromatic hydroxyl groups is 3. The van der Waals surface area contributed by atoms with Gasteiger partial charge in [0.2, 0.25) is 0 Å². The molecule has 3 aromatic carbocycles. The van der Waals surface area contributed by atoms with Crippen molar-refractivity contribution in [2.24, 2.45) is 5.41 Å². The molecular formula is C70H110O10S. The second kappa shape index (κ2) is 30.3. The summed E-state index contributed by atoms with van der Waals surface area (Å²) in [5.41, 5.74) is 3.97. The van der Waals surface area contributed by atoms with Crippen LogP contribution in [0.1, 0.15) is 278 Å². The smallest absolute Gasteiger partial charge is 0.306 e. The number of phenols is 3. The summed E-state index contributed by atoms with van der Waals surface area (Å²) < 4.78 is 24.8. The maximum Gasteiger partial charge on any atom is 0.306 e. The van der Waals surface area contributed by atoms with Gasteiger partial charge < -0.3 is 34.3 Å². The lowest BCUT2D eigenvalue weighted by molar-refractivity contribution is -0.164. The number of esters is 3. The lowest BCUT2D eigenvalue weighted by atomic mass is 9.78. The SMILES string of the molecule is CCCCCCCCCCCCCC(=S)OCC(COC(=O)CCc1cc(C(C)(C)C)c(O)c(C(C)(C)C)c1)(COC(=O)CCc1cc(C(C)(C)C)c(O)c(C(C)(C)C)c1)COC(=O)CCc1cc(C(C)(C)C)c(O)c(C(C)(C)C)c1. The number of unbranched alkanes of at least 4 members (excludes halogenated alkanes) is 10. The van der Waals surface area contributed by atoms with Crippen LogP contribution in [0.2, 0.25) is 0 Å². The number of carbonyl (C=O) groups is 3. The van der Waals surface area contributed by atoms with Crippen molar-refractivity contribution in [3.05, 3.63) is 86.5 Å². The van der Waals surface area contributed by atoms with E-state index in [1.807, 2.05) is 36.4 Å². The molecule has 3 N–H and O–H groups in total. The minimum absolute atomic E-state index is 0.0190. The molecule has 0 aliphatic rings. The summed E-state index contributed by atoms with van der Waals surface area (Å²) in [5.74, 6) is -0.728. The van der Waals surface area contributed by atoms with E-state index in [1.54, 1.807) is 0 Å². The highest BCUT2D eigenvalue weighted by molar-refractivity contribution is 7.80. The molecule has 0 spiro atoms. The third kappa shape index (κ3) is 23.5. The Morgan fingerprint density at radius 1 is 0.358 bits per heavy atom. The Balaban J connectivity index is 1.99. The molecule has 0 aliphatic carbocycles. The number of ether oxygens (including phenoxy) is 4. The fourth-order valence-corrected chi connectivity index (χ4v) is 10.3. The van der Waals surface area contributed by atoms with Gasteiger partial charge in [-0.25, -0.2) is 0 Å². The number of hydrogen-bond acceptors (Lipinski definition) is 11. The van der Waals surface area contributed by atoms with E-state index in [9.17, 15) is 29.7 Å². The Morgan fingerprint density at radius 3 is 0.815 bits per heavy atom. The van der Waals surface area contributed by atoms with Crippen LogP contribution in [-0.4, -0.2) is 64.7 Å². The maximum absolute atomic E-state index is 14.0. The van der Waals surface area contributed by atoms with E-state index >= 15 is 0 Å². The second-order valence-electron chi connectivity index (χ2n) is 29.5. The molecule has 0 amide bonds. The summed E-state index contributed by atoms with van der Waals surface area (Å²) in [4.78, 5) is 42.0. The number of carbonyl (C=O) groups excluding carboxylic acids is 3. The van der Waals surface area contributed by atoms with Gasteiger partial charge in [-0.05, 0) is 120 Å². The molecule has 0 aromatic heterocycles. The first kappa shape index (κ1) is 70.6. The van der Waals surface area contributed by atoms with Crippen molar-refractivity contribution < 1.29 is 48.7 Å². The van der Waals surface area contributed by atoms with Gasteiger partial charge >= 0.3 is 17.9 Å². The molecule has 0 radical (unpaired) electrons. The third-order valence-corrected chi connectivity index (χ3v) is 15.7. The van der Waals surface area contributed by atoms with Gasteiger partial charge in [0, 0.05) is 25.7 Å². The first-order valence-electron chi connectivity index (χ1n) is 30.5. The normalized spacial score (nSPS) is 12.8. The summed E-state index contributed by atoms with van der Waals surface area (Å²) in [5, 5.41) is 34.6. The standard InChI is InChI=1S/C70H110O10S/c1-20-21-22-23-24-25-26-27-28-29-30-31-60(81)80-47-70(44-77-57(71)35-32-48-38-51(64(2,3)4)61(74)52(39-48)65(5,6)7,45-78-58(72)36-33-49-40-53(66(8,9)10)62(75)54(41-49)67(11,12)13)46-79-59(73)37-34-50-42-55(68(14,15)16)63(76)56(43-50)69(17,18)19/h38-43,74-76H,20-37,44-47H2,1-19H3. The number of thiocarbonyl (C=S) groups is 1. The van der Waals surface area contributed by atoms with Gasteiger partial charge in [0.15, 0.2) is 5.05 Å². The molecule has 3 aromatic rings. The van der Waals surface area contributed by atoms with Crippen LogP contribution >= 0.6 is 12.2 Å². The van der Waals surface area contributed by atoms with E-state index in [2.05, 4.69) is 132 Å². The zero-order valence-electron chi connectivity index (χ0n) is 54.1. The van der Waals surface area contributed by atoms with Crippen LogP contribution in [0.4, 0.5) is 0 Å². The highest BCUT2D eigenvalue weighted by Gasteiger charge is 2.38. The fraction of sp³-hybridized carbons (Fsp3) is 0.686. The van der Waals surface area contributed by atoms with Gasteiger partial charge in [0.05, 0.1) is 0 Å². The van der Waals surface area contributed by atoms with Crippen LogP contribution in [0.25, 0.3) is 0 Å². The monoisotopic (exact) mass is 1140 g/mol. The van der Waals surface area contributed by atoms with Gasteiger partial charge in [0.1, 0.15) is 49.1 Å². The van der Waals surface area contributed by atoms with Crippen molar-refractivity contribution in [2.75, 3.05) is 26.4 Å². The first-order chi connectivity index (χ1) is 37.3. The van der Waals surface area contributed by atoms with Crippen molar-refractivity contribution in [3.63, 3.8) is 0 Å².